The fraction of sp³-hybridized carbons (Fsp3) is 0.500. The van der Waals surface area contributed by atoms with E-state index in [4.69, 9.17) is 0 Å². The van der Waals surface area contributed by atoms with Crippen LogP contribution < -0.4 is 5.32 Å². The summed E-state index contributed by atoms with van der Waals surface area (Å²) in [7, 11) is 0. The quantitative estimate of drug-likeness (QED) is 0.902. The van der Waals surface area contributed by atoms with Crippen LogP contribution >= 0.6 is 11.3 Å². The molecule has 2 aromatic rings. The minimum Gasteiger partial charge on any atom is -0.306 e. The molecule has 0 fully saturated rings. The van der Waals surface area contributed by atoms with Crippen LogP contribution in [-0.2, 0) is 19.3 Å². The van der Waals surface area contributed by atoms with E-state index in [2.05, 4.69) is 28.5 Å². The number of aromatic nitrogens is 2. The summed E-state index contributed by atoms with van der Waals surface area (Å²) in [6.07, 6.45) is 9.97. The molecule has 0 saturated heterocycles. The molecule has 0 aliphatic heterocycles. The Labute approximate surface area is 129 Å². The molecule has 2 N–H and O–H groups in total. The van der Waals surface area contributed by atoms with E-state index in [9.17, 15) is 4.79 Å². The van der Waals surface area contributed by atoms with Crippen molar-refractivity contribution in [3.63, 3.8) is 0 Å². The molecule has 1 aliphatic carbocycles. The number of hydrogen-bond donors (Lipinski definition) is 2. The van der Waals surface area contributed by atoms with Crippen molar-refractivity contribution < 1.29 is 4.79 Å². The molecule has 4 nitrogen and oxygen atoms in total. The Morgan fingerprint density at radius 3 is 2.95 bits per heavy atom. The molecule has 0 spiro atoms. The van der Waals surface area contributed by atoms with E-state index in [-0.39, 0.29) is 5.91 Å². The van der Waals surface area contributed by atoms with Crippen molar-refractivity contribution in [1.82, 2.24) is 10.2 Å². The number of hydrogen-bond acceptors (Lipinski definition) is 3. The fourth-order valence-corrected chi connectivity index (χ4v) is 3.97. The number of amides is 1. The third-order valence-corrected chi connectivity index (χ3v) is 5.29. The number of thiophene rings is 1. The number of carbonyl (C=O) groups is 1. The normalized spacial score (nSPS) is 15.1. The van der Waals surface area contributed by atoms with E-state index >= 15 is 0 Å². The molecule has 0 bridgehead atoms. The molecule has 112 valence electrons. The van der Waals surface area contributed by atoms with E-state index in [0.717, 1.165) is 35.5 Å². The van der Waals surface area contributed by atoms with Gasteiger partial charge in [0.2, 0.25) is 0 Å². The molecule has 1 aliphatic rings. The van der Waals surface area contributed by atoms with Crippen LogP contribution in [0.15, 0.2) is 12.3 Å². The first-order chi connectivity index (χ1) is 10.3. The second-order valence-corrected chi connectivity index (χ2v) is 6.69. The highest BCUT2D eigenvalue weighted by Crippen LogP contribution is 2.29. The zero-order valence-corrected chi connectivity index (χ0v) is 13.2. The molecule has 21 heavy (non-hydrogen) atoms. The standard InChI is InChI=1S/C16H21N3OS/c1-2-11-10-17-19-15(11)18-16(20)14-9-12-7-5-3-4-6-8-13(12)21-14/h9-10H,2-8H2,1H3,(H2,17,18,19,20). The van der Waals surface area contributed by atoms with E-state index in [0.29, 0.717) is 0 Å². The zero-order valence-electron chi connectivity index (χ0n) is 12.4. The van der Waals surface area contributed by atoms with Crippen LogP contribution in [0.5, 0.6) is 0 Å². The Balaban J connectivity index is 1.77. The van der Waals surface area contributed by atoms with Gasteiger partial charge in [0, 0.05) is 10.4 Å². The number of rotatable bonds is 3. The lowest BCUT2D eigenvalue weighted by Gasteiger charge is -2.07. The Morgan fingerprint density at radius 2 is 2.14 bits per heavy atom. The zero-order chi connectivity index (χ0) is 14.7. The highest BCUT2D eigenvalue weighted by molar-refractivity contribution is 7.14. The highest BCUT2D eigenvalue weighted by Gasteiger charge is 2.17. The van der Waals surface area contributed by atoms with Gasteiger partial charge in [0.1, 0.15) is 5.82 Å². The number of nitrogens with zero attached hydrogens (tertiary/aromatic N) is 1. The van der Waals surface area contributed by atoms with E-state index in [1.165, 1.54) is 36.1 Å². The summed E-state index contributed by atoms with van der Waals surface area (Å²) >= 11 is 1.65. The minimum absolute atomic E-state index is 0.0225. The third kappa shape index (κ3) is 3.18. The summed E-state index contributed by atoms with van der Waals surface area (Å²) in [5, 5.41) is 9.81. The SMILES string of the molecule is CCc1cn[nH]c1NC(=O)c1cc2c(s1)CCCCCC2. The van der Waals surface area contributed by atoms with Crippen molar-refractivity contribution in [2.75, 3.05) is 5.32 Å². The van der Waals surface area contributed by atoms with Crippen molar-refractivity contribution in [2.45, 2.75) is 51.9 Å². The smallest absolute Gasteiger partial charge is 0.266 e. The van der Waals surface area contributed by atoms with Crippen LogP contribution in [-0.4, -0.2) is 16.1 Å². The number of fused-ring (bicyclic) bond motifs is 1. The van der Waals surface area contributed by atoms with E-state index < -0.39 is 0 Å². The van der Waals surface area contributed by atoms with Gasteiger partial charge in [-0.05, 0) is 43.7 Å². The van der Waals surface area contributed by atoms with Crippen molar-refractivity contribution in [2.24, 2.45) is 0 Å². The molecule has 5 heteroatoms. The summed E-state index contributed by atoms with van der Waals surface area (Å²) in [5.74, 6) is 0.703. The lowest BCUT2D eigenvalue weighted by atomic mass is 10.00. The first kappa shape index (κ1) is 14.3. The molecule has 0 unspecified atom stereocenters. The predicted octanol–water partition coefficient (Wildman–Crippen LogP) is 3.94. The van der Waals surface area contributed by atoms with Crippen LogP contribution in [0.3, 0.4) is 0 Å². The van der Waals surface area contributed by atoms with Crippen LogP contribution in [0.25, 0.3) is 0 Å². The van der Waals surface area contributed by atoms with Crippen molar-refractivity contribution in [3.8, 4) is 0 Å². The van der Waals surface area contributed by atoms with Gasteiger partial charge in [-0.1, -0.05) is 19.8 Å². The Kier molecular flexibility index (Phi) is 4.39. The molecule has 2 heterocycles. The Bertz CT molecular complexity index is 604. The van der Waals surface area contributed by atoms with Gasteiger partial charge >= 0.3 is 0 Å². The van der Waals surface area contributed by atoms with Crippen LogP contribution in [0.4, 0.5) is 5.82 Å². The maximum Gasteiger partial charge on any atom is 0.266 e. The molecule has 0 saturated carbocycles. The average Bonchev–Trinajstić information content (AvgIpc) is 3.05. The summed E-state index contributed by atoms with van der Waals surface area (Å²) < 4.78 is 0. The monoisotopic (exact) mass is 303 g/mol. The van der Waals surface area contributed by atoms with Crippen molar-refractivity contribution >= 4 is 23.1 Å². The first-order valence-electron chi connectivity index (χ1n) is 7.73. The van der Waals surface area contributed by atoms with Gasteiger partial charge in [0.05, 0.1) is 11.1 Å². The molecular weight excluding hydrogens is 282 g/mol. The van der Waals surface area contributed by atoms with Gasteiger partial charge in [-0.15, -0.1) is 11.3 Å². The summed E-state index contributed by atoms with van der Waals surface area (Å²) in [4.78, 5) is 14.6. The summed E-state index contributed by atoms with van der Waals surface area (Å²) in [6, 6.07) is 2.09. The lowest BCUT2D eigenvalue weighted by molar-refractivity contribution is 0.103. The predicted molar refractivity (Wildman–Crippen MR) is 86.1 cm³/mol. The van der Waals surface area contributed by atoms with Crippen LogP contribution in [0, 0.1) is 0 Å². The van der Waals surface area contributed by atoms with Crippen LogP contribution in [0.1, 0.15) is 58.3 Å². The minimum atomic E-state index is -0.0225. The molecular formula is C16H21N3OS. The Hall–Kier alpha value is -1.62. The topological polar surface area (TPSA) is 57.8 Å². The maximum atomic E-state index is 12.4. The second-order valence-electron chi connectivity index (χ2n) is 5.55. The number of nitrogens with one attached hydrogen (secondary N) is 2. The number of aryl methyl sites for hydroxylation is 3. The number of aromatic amines is 1. The molecule has 3 rings (SSSR count). The van der Waals surface area contributed by atoms with Gasteiger partial charge in [-0.3, -0.25) is 9.89 Å². The number of anilines is 1. The molecule has 0 aromatic carbocycles. The molecule has 2 aromatic heterocycles. The van der Waals surface area contributed by atoms with Gasteiger partial charge in [-0.2, -0.15) is 5.10 Å². The lowest BCUT2D eigenvalue weighted by Crippen LogP contribution is -2.11. The van der Waals surface area contributed by atoms with Gasteiger partial charge < -0.3 is 5.32 Å². The van der Waals surface area contributed by atoms with E-state index in [1.54, 1.807) is 17.5 Å². The largest absolute Gasteiger partial charge is 0.306 e. The number of carbonyl (C=O) groups excluding carboxylic acids is 1. The first-order valence-corrected chi connectivity index (χ1v) is 8.54. The van der Waals surface area contributed by atoms with E-state index in [1.807, 2.05) is 0 Å². The van der Waals surface area contributed by atoms with Gasteiger partial charge in [-0.25, -0.2) is 0 Å². The van der Waals surface area contributed by atoms with Gasteiger partial charge in [0.25, 0.3) is 5.91 Å². The average molecular weight is 303 g/mol. The molecule has 0 radical (unpaired) electrons. The van der Waals surface area contributed by atoms with Crippen molar-refractivity contribution in [3.05, 3.63) is 33.1 Å². The summed E-state index contributed by atoms with van der Waals surface area (Å²) in [6.45, 7) is 2.05. The summed E-state index contributed by atoms with van der Waals surface area (Å²) in [5.41, 5.74) is 2.42. The van der Waals surface area contributed by atoms with Crippen molar-refractivity contribution in [1.29, 1.82) is 0 Å². The second kappa shape index (κ2) is 6.43. The maximum absolute atomic E-state index is 12.4. The highest BCUT2D eigenvalue weighted by atomic mass is 32.1. The van der Waals surface area contributed by atoms with Crippen LogP contribution in [0.2, 0.25) is 0 Å². The molecule has 1 amide bonds. The third-order valence-electron chi connectivity index (χ3n) is 4.06. The van der Waals surface area contributed by atoms with Gasteiger partial charge in [0.15, 0.2) is 0 Å². The number of H-pyrrole nitrogens is 1. The fourth-order valence-electron chi connectivity index (χ4n) is 2.82. The Morgan fingerprint density at radius 1 is 1.33 bits per heavy atom. The molecule has 0 atom stereocenters.